The van der Waals surface area contributed by atoms with Gasteiger partial charge in [-0.05, 0) is 61.2 Å². The van der Waals surface area contributed by atoms with Crippen LogP contribution in [0.2, 0.25) is 0 Å². The van der Waals surface area contributed by atoms with Crippen molar-refractivity contribution in [3.8, 4) is 11.8 Å². The van der Waals surface area contributed by atoms with E-state index in [0.717, 1.165) is 5.69 Å². The van der Waals surface area contributed by atoms with E-state index < -0.39 is 17.5 Å². The number of benzene rings is 2. The lowest BCUT2D eigenvalue weighted by Crippen LogP contribution is -2.44. The Morgan fingerprint density at radius 3 is 2.49 bits per heavy atom. The van der Waals surface area contributed by atoms with Crippen molar-refractivity contribution in [2.24, 2.45) is 5.92 Å². The normalized spacial score (nSPS) is 13.7. The number of ether oxygens (including phenoxy) is 2. The molecule has 1 aromatic heterocycles. The fourth-order valence-electron chi connectivity index (χ4n) is 4.73. The van der Waals surface area contributed by atoms with Gasteiger partial charge in [0.25, 0.3) is 5.91 Å². The van der Waals surface area contributed by atoms with Crippen LogP contribution >= 0.6 is 0 Å². The minimum absolute atomic E-state index is 0.0474. The van der Waals surface area contributed by atoms with Gasteiger partial charge < -0.3 is 29.0 Å². The van der Waals surface area contributed by atoms with Crippen LogP contribution in [0.1, 0.15) is 35.2 Å². The minimum atomic E-state index is -0.720. The number of hydrogen-bond acceptors (Lipinski definition) is 9. The number of nitrogens with one attached hydrogen (secondary N) is 1. The molecule has 2 amide bonds. The summed E-state index contributed by atoms with van der Waals surface area (Å²) >= 11 is 0. The fraction of sp³-hybridized carbons (Fsp3) is 0.344. The number of amides is 2. The number of anilines is 1. The van der Waals surface area contributed by atoms with Crippen LogP contribution in [0.3, 0.4) is 0 Å². The van der Waals surface area contributed by atoms with Crippen LogP contribution in [0.15, 0.2) is 63.3 Å². The van der Waals surface area contributed by atoms with Gasteiger partial charge in [-0.1, -0.05) is 12.1 Å². The molecule has 43 heavy (non-hydrogen) atoms. The maximum atomic E-state index is 13.0. The van der Waals surface area contributed by atoms with Crippen molar-refractivity contribution in [3.05, 3.63) is 75.7 Å². The molecule has 1 aliphatic rings. The summed E-state index contributed by atoms with van der Waals surface area (Å²) in [6.07, 6.45) is 2.77. The zero-order valence-electron chi connectivity index (χ0n) is 24.4. The molecule has 1 fully saturated rings. The largest absolute Gasteiger partial charge is 0.497 e. The van der Waals surface area contributed by atoms with E-state index in [-0.39, 0.29) is 29.6 Å². The number of nitriles is 1. The Bertz CT molecular complexity index is 1610. The van der Waals surface area contributed by atoms with Gasteiger partial charge in [0.2, 0.25) is 5.91 Å². The molecule has 0 unspecified atom stereocenters. The first-order valence-electron chi connectivity index (χ1n) is 14.0. The van der Waals surface area contributed by atoms with Gasteiger partial charge in [0, 0.05) is 56.8 Å². The van der Waals surface area contributed by atoms with Crippen molar-refractivity contribution in [1.82, 2.24) is 10.2 Å². The summed E-state index contributed by atoms with van der Waals surface area (Å²) in [4.78, 5) is 54.0. The third kappa shape index (κ3) is 7.80. The molecule has 0 bridgehead atoms. The van der Waals surface area contributed by atoms with Crippen molar-refractivity contribution >= 4 is 40.5 Å². The van der Waals surface area contributed by atoms with Gasteiger partial charge in [0.05, 0.1) is 13.7 Å². The molecule has 1 saturated heterocycles. The third-order valence-electron chi connectivity index (χ3n) is 7.24. The smallest absolute Gasteiger partial charge is 0.349 e. The van der Waals surface area contributed by atoms with Crippen molar-refractivity contribution in [2.45, 2.75) is 19.3 Å². The van der Waals surface area contributed by atoms with Crippen molar-refractivity contribution in [2.75, 3.05) is 52.3 Å². The van der Waals surface area contributed by atoms with Gasteiger partial charge in [0.1, 0.15) is 28.5 Å². The summed E-state index contributed by atoms with van der Waals surface area (Å²) in [5, 5.41) is 12.8. The van der Waals surface area contributed by atoms with E-state index in [2.05, 4.69) is 5.32 Å². The highest BCUT2D eigenvalue weighted by Crippen LogP contribution is 2.23. The molecule has 1 aliphatic heterocycles. The molecule has 0 radical (unpaired) electrons. The zero-order valence-corrected chi connectivity index (χ0v) is 24.4. The summed E-state index contributed by atoms with van der Waals surface area (Å²) in [5.41, 5.74) is 1.16. The predicted octanol–water partition coefficient (Wildman–Crippen LogP) is 3.38. The minimum Gasteiger partial charge on any atom is -0.497 e. The molecular formula is C32H34N4O7. The summed E-state index contributed by atoms with van der Waals surface area (Å²) in [5.74, 6) is -1.03. The molecule has 11 heteroatoms. The molecule has 0 spiro atoms. The standard InChI is InChI=1S/C32H34N4O7/c1-35(2)25-8-5-21(6-9-25)17-24(20-33)31(39)42-16-4-13-34-29(37)22-11-14-36(15-12-22)30(38)27-18-23-7-10-26(41-3)19-28(23)43-32(27)40/h5-10,17-19,22H,4,11-16H2,1-3H3,(H,34,37). The van der Waals surface area contributed by atoms with Crippen LogP contribution in [0.25, 0.3) is 17.0 Å². The zero-order chi connectivity index (χ0) is 30.9. The first-order valence-corrected chi connectivity index (χ1v) is 14.0. The first kappa shape index (κ1) is 30.8. The molecule has 11 nitrogen and oxygen atoms in total. The van der Waals surface area contributed by atoms with Crippen molar-refractivity contribution < 1.29 is 28.3 Å². The highest BCUT2D eigenvalue weighted by Gasteiger charge is 2.29. The quantitative estimate of drug-likeness (QED) is 0.124. The van der Waals surface area contributed by atoms with Crippen LogP contribution in [-0.2, 0) is 14.3 Å². The number of piperidine rings is 1. The molecule has 4 rings (SSSR count). The molecule has 1 N–H and O–H groups in total. The number of rotatable bonds is 10. The SMILES string of the molecule is COc1ccc2cc(C(=O)N3CCC(C(=O)NCCCOC(=O)C(C#N)=Cc4ccc(N(C)C)cc4)CC3)c(=O)oc2c1. The van der Waals surface area contributed by atoms with E-state index in [1.165, 1.54) is 19.3 Å². The first-order chi connectivity index (χ1) is 20.7. The Morgan fingerprint density at radius 2 is 1.84 bits per heavy atom. The number of esters is 1. The average molecular weight is 587 g/mol. The lowest BCUT2D eigenvalue weighted by molar-refractivity contribution is -0.138. The molecule has 0 saturated carbocycles. The van der Waals surface area contributed by atoms with E-state index in [0.29, 0.717) is 61.2 Å². The Balaban J connectivity index is 1.19. The monoisotopic (exact) mass is 586 g/mol. The van der Waals surface area contributed by atoms with Crippen LogP contribution in [0.4, 0.5) is 5.69 Å². The van der Waals surface area contributed by atoms with Crippen molar-refractivity contribution in [3.63, 3.8) is 0 Å². The summed E-state index contributed by atoms with van der Waals surface area (Å²) in [7, 11) is 5.35. The molecular weight excluding hydrogens is 552 g/mol. The molecule has 2 heterocycles. The second kappa shape index (κ2) is 14.2. The second-order valence-electron chi connectivity index (χ2n) is 10.4. The topological polar surface area (TPSA) is 142 Å². The van der Waals surface area contributed by atoms with E-state index in [9.17, 15) is 24.4 Å². The number of carbonyl (C=O) groups is 3. The Labute approximate surface area is 249 Å². The Hall–Kier alpha value is -5.11. The molecule has 3 aromatic rings. The predicted molar refractivity (Wildman–Crippen MR) is 161 cm³/mol. The fourth-order valence-corrected chi connectivity index (χ4v) is 4.73. The summed E-state index contributed by atoms with van der Waals surface area (Å²) in [6, 6.07) is 15.8. The number of likely N-dealkylation sites (tertiary alicyclic amines) is 1. The van der Waals surface area contributed by atoms with E-state index in [1.807, 2.05) is 49.3 Å². The Kier molecular flexibility index (Phi) is 10.2. The summed E-state index contributed by atoms with van der Waals surface area (Å²) in [6.45, 7) is 1.00. The summed E-state index contributed by atoms with van der Waals surface area (Å²) < 4.78 is 15.7. The van der Waals surface area contributed by atoms with Crippen molar-refractivity contribution in [1.29, 1.82) is 5.26 Å². The lowest BCUT2D eigenvalue weighted by Gasteiger charge is -2.31. The van der Waals surface area contributed by atoms with Gasteiger partial charge in [-0.2, -0.15) is 5.26 Å². The van der Waals surface area contributed by atoms with Gasteiger partial charge in [-0.25, -0.2) is 9.59 Å². The number of methoxy groups -OCH3 is 1. The second-order valence-corrected chi connectivity index (χ2v) is 10.4. The van der Waals surface area contributed by atoms with Crippen LogP contribution < -0.4 is 20.6 Å². The lowest BCUT2D eigenvalue weighted by atomic mass is 9.95. The van der Waals surface area contributed by atoms with E-state index in [1.54, 1.807) is 23.1 Å². The van der Waals surface area contributed by atoms with Gasteiger partial charge in [-0.15, -0.1) is 0 Å². The number of hydrogen-bond donors (Lipinski definition) is 1. The molecule has 0 aliphatic carbocycles. The number of carbonyl (C=O) groups excluding carboxylic acids is 3. The maximum absolute atomic E-state index is 13.0. The molecule has 0 atom stereocenters. The highest BCUT2D eigenvalue weighted by molar-refractivity contribution is 5.98. The third-order valence-corrected chi connectivity index (χ3v) is 7.24. The van der Waals surface area contributed by atoms with Crippen LogP contribution in [-0.4, -0.2) is 70.1 Å². The molecule has 224 valence electrons. The maximum Gasteiger partial charge on any atom is 0.349 e. The van der Waals surface area contributed by atoms with Crippen LogP contribution in [0.5, 0.6) is 5.75 Å². The van der Waals surface area contributed by atoms with Gasteiger partial charge in [-0.3, -0.25) is 9.59 Å². The molecule has 2 aromatic carbocycles. The van der Waals surface area contributed by atoms with E-state index in [4.69, 9.17) is 13.9 Å². The highest BCUT2D eigenvalue weighted by atomic mass is 16.5. The Morgan fingerprint density at radius 1 is 1.12 bits per heavy atom. The van der Waals surface area contributed by atoms with E-state index >= 15 is 0 Å². The number of fused-ring (bicyclic) bond motifs is 1. The van der Waals surface area contributed by atoms with Gasteiger partial charge in [0.15, 0.2) is 0 Å². The average Bonchev–Trinajstić information content (AvgIpc) is 3.02. The van der Waals surface area contributed by atoms with Gasteiger partial charge >= 0.3 is 11.6 Å². The number of nitrogens with zero attached hydrogens (tertiary/aromatic N) is 3. The van der Waals surface area contributed by atoms with Crippen LogP contribution in [0, 0.1) is 17.2 Å².